The van der Waals surface area contributed by atoms with Gasteiger partial charge in [0.05, 0.1) is 12.2 Å². The molecule has 3 atom stereocenters. The quantitative estimate of drug-likeness (QED) is 0.549. The number of ether oxygens (including phenoxy) is 1. The molecule has 178 valence electrons. The normalized spacial score (nSPS) is 28.5. The number of benzene rings is 1. The molecule has 0 radical (unpaired) electrons. The van der Waals surface area contributed by atoms with Crippen LogP contribution in [0.3, 0.4) is 0 Å². The number of halogens is 4. The van der Waals surface area contributed by atoms with Crippen LogP contribution in [0.5, 0.6) is 0 Å². The Bertz CT molecular complexity index is 1200. The number of fused-ring (bicyclic) bond motifs is 1. The van der Waals surface area contributed by atoms with Crippen LogP contribution in [0.25, 0.3) is 0 Å². The fourth-order valence-electron chi connectivity index (χ4n) is 3.87. The number of amides is 1. The van der Waals surface area contributed by atoms with Crippen LogP contribution in [-0.2, 0) is 25.1 Å². The number of nitrogens with zero attached hydrogens (tertiary/aromatic N) is 2. The van der Waals surface area contributed by atoms with Crippen molar-refractivity contribution in [1.29, 1.82) is 0 Å². The van der Waals surface area contributed by atoms with Crippen molar-refractivity contribution in [2.24, 2.45) is 10.7 Å². The minimum Gasteiger partial charge on any atom is -0.376 e. The molecule has 3 aliphatic rings. The van der Waals surface area contributed by atoms with Crippen molar-refractivity contribution < 1.29 is 35.5 Å². The Balaban J connectivity index is 1.63. The van der Waals surface area contributed by atoms with Crippen LogP contribution in [0.4, 0.5) is 23.2 Å². The van der Waals surface area contributed by atoms with Crippen LogP contribution >= 0.6 is 0 Å². The Morgan fingerprint density at radius 2 is 2.12 bits per heavy atom. The second kappa shape index (κ2) is 7.73. The van der Waals surface area contributed by atoms with E-state index in [0.717, 1.165) is 22.5 Å². The third kappa shape index (κ3) is 3.82. The highest BCUT2D eigenvalue weighted by Gasteiger charge is 2.58. The minimum absolute atomic E-state index is 0.0186. The lowest BCUT2D eigenvalue weighted by atomic mass is 9.88. The third-order valence-electron chi connectivity index (χ3n) is 5.63. The van der Waals surface area contributed by atoms with E-state index in [0.29, 0.717) is 6.20 Å². The maximum atomic E-state index is 14.9. The summed E-state index contributed by atoms with van der Waals surface area (Å²) >= 11 is 0. The zero-order valence-electron chi connectivity index (χ0n) is 17.1. The van der Waals surface area contributed by atoms with Crippen molar-refractivity contribution in [2.75, 3.05) is 19.0 Å². The van der Waals surface area contributed by atoms with Crippen molar-refractivity contribution in [3.63, 3.8) is 0 Å². The SMILES string of the molecule is CN1C(N)=N[C@@]2(c3cc(NC(=O)C4C=CC(C(F)(F)F)=CN4)ccc3F)CCOC2S1(=O)=O. The Hall–Kier alpha value is -3.13. The number of carbonyl (C=O) groups is 1. The number of dihydropyridines is 1. The molecule has 9 nitrogen and oxygen atoms in total. The molecule has 3 heterocycles. The van der Waals surface area contributed by atoms with Gasteiger partial charge >= 0.3 is 6.18 Å². The number of hydrogen-bond donors (Lipinski definition) is 3. The van der Waals surface area contributed by atoms with Crippen LogP contribution in [0, 0.1) is 5.82 Å². The number of anilines is 1. The largest absolute Gasteiger partial charge is 0.417 e. The Morgan fingerprint density at radius 3 is 2.76 bits per heavy atom. The summed E-state index contributed by atoms with van der Waals surface area (Å²) in [5, 5.41) is 4.82. The van der Waals surface area contributed by atoms with Gasteiger partial charge in [-0.2, -0.15) is 13.2 Å². The van der Waals surface area contributed by atoms with Gasteiger partial charge in [-0.3, -0.25) is 4.79 Å². The molecule has 33 heavy (non-hydrogen) atoms. The van der Waals surface area contributed by atoms with E-state index in [1.54, 1.807) is 0 Å². The molecule has 0 aromatic heterocycles. The predicted molar refractivity (Wildman–Crippen MR) is 110 cm³/mol. The molecule has 14 heteroatoms. The number of carbonyl (C=O) groups excluding carboxylic acids is 1. The summed E-state index contributed by atoms with van der Waals surface area (Å²) in [6.45, 7) is -0.0186. The molecule has 1 saturated heterocycles. The first kappa shape index (κ1) is 23.0. The van der Waals surface area contributed by atoms with E-state index in [-0.39, 0.29) is 30.2 Å². The van der Waals surface area contributed by atoms with Gasteiger partial charge in [-0.25, -0.2) is 22.1 Å². The lowest BCUT2D eigenvalue weighted by molar-refractivity contribution is -0.117. The second-order valence-corrected chi connectivity index (χ2v) is 9.65. The van der Waals surface area contributed by atoms with Gasteiger partial charge in [-0.05, 0) is 24.3 Å². The van der Waals surface area contributed by atoms with E-state index in [2.05, 4.69) is 15.6 Å². The van der Waals surface area contributed by atoms with Gasteiger partial charge in [-0.15, -0.1) is 0 Å². The lowest BCUT2D eigenvalue weighted by Crippen LogP contribution is -2.55. The van der Waals surface area contributed by atoms with Crippen LogP contribution in [0.2, 0.25) is 0 Å². The Kier molecular flexibility index (Phi) is 5.40. The molecule has 3 aliphatic heterocycles. The van der Waals surface area contributed by atoms with Gasteiger partial charge in [-0.1, -0.05) is 6.08 Å². The first-order valence-corrected chi connectivity index (χ1v) is 11.1. The van der Waals surface area contributed by atoms with Crippen molar-refractivity contribution in [3.8, 4) is 0 Å². The number of sulfonamides is 1. The topological polar surface area (TPSA) is 126 Å². The molecule has 4 N–H and O–H groups in total. The molecule has 1 amide bonds. The Labute approximate surface area is 186 Å². The summed E-state index contributed by atoms with van der Waals surface area (Å²) in [5.41, 5.74) is 1.61. The molecular weight excluding hydrogens is 470 g/mol. The van der Waals surface area contributed by atoms with E-state index in [4.69, 9.17) is 10.5 Å². The highest BCUT2D eigenvalue weighted by molar-refractivity contribution is 7.90. The summed E-state index contributed by atoms with van der Waals surface area (Å²) in [6.07, 6.45) is -2.04. The maximum absolute atomic E-state index is 14.9. The summed E-state index contributed by atoms with van der Waals surface area (Å²) in [6, 6.07) is 2.37. The number of alkyl halides is 3. The molecule has 0 saturated carbocycles. The first-order valence-electron chi connectivity index (χ1n) is 9.63. The lowest BCUT2D eigenvalue weighted by Gasteiger charge is -2.38. The average molecular weight is 489 g/mol. The zero-order valence-corrected chi connectivity index (χ0v) is 17.9. The monoisotopic (exact) mass is 489 g/mol. The molecule has 1 fully saturated rings. The van der Waals surface area contributed by atoms with Gasteiger partial charge < -0.3 is 21.1 Å². The number of nitrogens with one attached hydrogen (secondary N) is 2. The highest BCUT2D eigenvalue weighted by atomic mass is 32.2. The molecule has 0 spiro atoms. The highest BCUT2D eigenvalue weighted by Crippen LogP contribution is 2.46. The number of rotatable bonds is 3. The molecular formula is C19H19F4N5O4S. The second-order valence-electron chi connectivity index (χ2n) is 7.64. The first-order chi connectivity index (χ1) is 15.4. The fraction of sp³-hybridized carbons (Fsp3) is 0.368. The van der Waals surface area contributed by atoms with Gasteiger partial charge in [0.1, 0.15) is 17.4 Å². The molecule has 0 aliphatic carbocycles. The van der Waals surface area contributed by atoms with Crippen LogP contribution in [0.1, 0.15) is 12.0 Å². The summed E-state index contributed by atoms with van der Waals surface area (Å²) < 4.78 is 84.8. The predicted octanol–water partition coefficient (Wildman–Crippen LogP) is 1.27. The molecule has 4 rings (SSSR count). The van der Waals surface area contributed by atoms with E-state index in [9.17, 15) is 30.8 Å². The van der Waals surface area contributed by atoms with Crippen LogP contribution in [-0.4, -0.2) is 55.9 Å². The van der Waals surface area contributed by atoms with Crippen molar-refractivity contribution in [1.82, 2.24) is 9.62 Å². The number of hydrogen-bond acceptors (Lipinski definition) is 7. The van der Waals surface area contributed by atoms with Crippen molar-refractivity contribution in [3.05, 3.63) is 53.5 Å². The number of aliphatic imine (C=N–C) groups is 1. The fourth-order valence-corrected chi connectivity index (χ4v) is 5.51. The summed E-state index contributed by atoms with van der Waals surface area (Å²) in [4.78, 5) is 16.8. The van der Waals surface area contributed by atoms with Crippen molar-refractivity contribution in [2.45, 2.75) is 29.6 Å². The summed E-state index contributed by atoms with van der Waals surface area (Å²) in [7, 11) is -2.89. The van der Waals surface area contributed by atoms with E-state index >= 15 is 0 Å². The van der Waals surface area contributed by atoms with Crippen molar-refractivity contribution >= 4 is 27.6 Å². The standard InChI is InChI=1S/C19H19F4N5O4S/c1-28-17(24)27-18(6-7-32-16(18)33(28,30)31)12-8-11(3-4-13(12)20)26-15(29)14-5-2-10(9-25-14)19(21,22)23/h2-5,8-9,14,16,25H,6-7H2,1H3,(H2,24,27)(H,26,29)/t14?,16?,18-/m1/s1. The summed E-state index contributed by atoms with van der Waals surface area (Å²) in [5.74, 6) is -1.83. The van der Waals surface area contributed by atoms with Crippen LogP contribution < -0.4 is 16.4 Å². The number of allylic oxidation sites excluding steroid dienone is 2. The zero-order chi connectivity index (χ0) is 24.2. The maximum Gasteiger partial charge on any atom is 0.417 e. The molecule has 1 aromatic rings. The molecule has 0 bridgehead atoms. The molecule has 1 aromatic carbocycles. The smallest absolute Gasteiger partial charge is 0.376 e. The average Bonchev–Trinajstić information content (AvgIpc) is 3.19. The number of nitrogens with two attached hydrogens (primary N) is 1. The van der Waals surface area contributed by atoms with Gasteiger partial charge in [0.2, 0.25) is 11.4 Å². The van der Waals surface area contributed by atoms with E-state index in [1.165, 1.54) is 19.2 Å². The Morgan fingerprint density at radius 1 is 1.39 bits per heavy atom. The molecule has 2 unspecified atom stereocenters. The van der Waals surface area contributed by atoms with Gasteiger partial charge in [0.25, 0.3) is 15.9 Å². The number of guanidine groups is 1. The minimum atomic E-state index is -4.56. The van der Waals surface area contributed by atoms with Gasteiger partial charge in [0.15, 0.2) is 0 Å². The van der Waals surface area contributed by atoms with E-state index in [1.807, 2.05) is 0 Å². The van der Waals surface area contributed by atoms with Crippen LogP contribution in [0.15, 0.2) is 47.1 Å². The third-order valence-corrected chi connectivity index (χ3v) is 7.65. The van der Waals surface area contributed by atoms with Gasteiger partial charge in [0, 0.05) is 30.9 Å². The van der Waals surface area contributed by atoms with E-state index < -0.39 is 50.5 Å².